The maximum absolute atomic E-state index is 13.0. The number of piperazine rings is 1. The number of nitrogens with zero attached hydrogens (tertiary/aromatic N) is 7. The van der Waals surface area contributed by atoms with Crippen LogP contribution in [-0.2, 0) is 0 Å². The first-order valence-corrected chi connectivity index (χ1v) is 15.6. The molecule has 2 aliphatic heterocycles. The summed E-state index contributed by atoms with van der Waals surface area (Å²) in [5.41, 5.74) is 15.6. The van der Waals surface area contributed by atoms with Gasteiger partial charge in [0.05, 0.1) is 0 Å². The lowest BCUT2D eigenvalue weighted by molar-refractivity contribution is 0.0977. The van der Waals surface area contributed by atoms with E-state index in [2.05, 4.69) is 47.3 Å². The number of carbonyl (C=O) groups is 1. The van der Waals surface area contributed by atoms with Gasteiger partial charge < -0.3 is 31.9 Å². The summed E-state index contributed by atoms with van der Waals surface area (Å²) in [6.45, 7) is 14.8. The van der Waals surface area contributed by atoms with Gasteiger partial charge >= 0.3 is 0 Å². The number of benzene rings is 1. The largest absolute Gasteiger partial charge is 0.401 e. The lowest BCUT2D eigenvalue weighted by Gasteiger charge is -2.38. The first kappa shape index (κ1) is 32.0. The van der Waals surface area contributed by atoms with Crippen molar-refractivity contribution in [2.24, 2.45) is 17.1 Å². The summed E-state index contributed by atoms with van der Waals surface area (Å²) in [7, 11) is 2.21. The van der Waals surface area contributed by atoms with Crippen molar-refractivity contribution >= 4 is 46.0 Å². The first-order valence-electron chi connectivity index (χ1n) is 15.6. The van der Waals surface area contributed by atoms with Crippen LogP contribution in [0.1, 0.15) is 49.5 Å². The highest BCUT2D eigenvalue weighted by molar-refractivity contribution is 6.09. The zero-order chi connectivity index (χ0) is 32.3. The van der Waals surface area contributed by atoms with E-state index >= 15 is 0 Å². The van der Waals surface area contributed by atoms with Gasteiger partial charge in [0, 0.05) is 61.6 Å². The van der Waals surface area contributed by atoms with E-state index < -0.39 is 5.91 Å². The molecule has 5 rings (SSSR count). The van der Waals surface area contributed by atoms with Crippen LogP contribution < -0.4 is 27.0 Å². The predicted octanol–water partition coefficient (Wildman–Crippen LogP) is 3.11. The molecule has 2 aliphatic rings. The predicted molar refractivity (Wildman–Crippen MR) is 180 cm³/mol. The Morgan fingerprint density at radius 1 is 1.11 bits per heavy atom. The molecule has 13 nitrogen and oxygen atoms in total. The second-order valence-electron chi connectivity index (χ2n) is 13.3. The Bertz CT molecular complexity index is 1590. The second-order valence-corrected chi connectivity index (χ2v) is 13.3. The molecule has 1 unspecified atom stereocenters. The van der Waals surface area contributed by atoms with Crippen molar-refractivity contribution < 1.29 is 4.79 Å². The number of carbonyl (C=O) groups excluding carboxylic acids is 1. The minimum Gasteiger partial charge on any atom is -0.401 e. The minimum atomic E-state index is -0.419. The van der Waals surface area contributed by atoms with Crippen molar-refractivity contribution in [2.75, 3.05) is 68.8 Å². The van der Waals surface area contributed by atoms with Gasteiger partial charge in [-0.1, -0.05) is 26.8 Å². The first-order chi connectivity index (χ1) is 21.4. The molecule has 3 aromatic rings. The second kappa shape index (κ2) is 13.3. The molecule has 13 heteroatoms. The standard InChI is InChI=1S/C32H46N12O/c1-20-8-9-22(30(45)39-25(34)16-24(33)32(2,3)4)15-23(20)38-29-27-26(36-19-37-29)28(35)41-31(40-27)44-13-11-43(12-14-44)18-21-7-6-10-42(5)17-21/h8-9,15-16,19,21H,6-7,10-14,17-18,33H2,1-5H3,(H2,34,39,45)(H2,35,40,41)(H,36,37,38). The van der Waals surface area contributed by atoms with Crippen molar-refractivity contribution in [3.8, 4) is 0 Å². The van der Waals surface area contributed by atoms with E-state index in [0.29, 0.717) is 45.6 Å². The molecular weight excluding hydrogens is 568 g/mol. The maximum atomic E-state index is 13.0. The van der Waals surface area contributed by atoms with Gasteiger partial charge in [-0.15, -0.1) is 0 Å². The molecule has 45 heavy (non-hydrogen) atoms. The van der Waals surface area contributed by atoms with E-state index in [1.165, 1.54) is 38.3 Å². The Morgan fingerprint density at radius 2 is 1.87 bits per heavy atom. The number of rotatable bonds is 7. The number of nitrogen functional groups attached to an aromatic ring is 1. The van der Waals surface area contributed by atoms with Crippen LogP contribution in [0.15, 0.2) is 36.3 Å². The number of aryl methyl sites for hydroxylation is 1. The van der Waals surface area contributed by atoms with Crippen LogP contribution in [0.4, 0.5) is 23.3 Å². The molecule has 0 saturated carbocycles. The van der Waals surface area contributed by atoms with E-state index in [1.54, 1.807) is 12.1 Å². The number of hydrogen-bond donors (Lipinski definition) is 5. The van der Waals surface area contributed by atoms with Gasteiger partial charge in [-0.25, -0.2) is 15.0 Å². The molecule has 7 N–H and O–H groups in total. The van der Waals surface area contributed by atoms with Crippen LogP contribution in [0.2, 0.25) is 0 Å². The molecule has 2 fully saturated rings. The molecule has 0 bridgehead atoms. The molecule has 240 valence electrons. The number of fused-ring (bicyclic) bond motifs is 1. The van der Waals surface area contributed by atoms with Gasteiger partial charge in [0.25, 0.3) is 5.91 Å². The third-order valence-corrected chi connectivity index (χ3v) is 8.56. The Morgan fingerprint density at radius 3 is 2.58 bits per heavy atom. The summed E-state index contributed by atoms with van der Waals surface area (Å²) in [6.07, 6.45) is 5.46. The number of allylic oxidation sites excluding steroid dienone is 1. The van der Waals surface area contributed by atoms with Crippen molar-refractivity contribution in [1.82, 2.24) is 35.1 Å². The molecule has 1 atom stereocenters. The van der Waals surface area contributed by atoms with E-state index in [1.807, 2.05) is 33.8 Å². The Kier molecular flexibility index (Phi) is 9.49. The molecule has 4 heterocycles. The molecule has 1 amide bonds. The van der Waals surface area contributed by atoms with E-state index in [0.717, 1.165) is 44.2 Å². The highest BCUT2D eigenvalue weighted by Crippen LogP contribution is 2.29. The number of anilines is 4. The van der Waals surface area contributed by atoms with Crippen molar-refractivity contribution in [1.29, 1.82) is 5.41 Å². The number of nitrogens with one attached hydrogen (secondary N) is 3. The fourth-order valence-electron chi connectivity index (χ4n) is 5.74. The summed E-state index contributed by atoms with van der Waals surface area (Å²) in [4.78, 5) is 38.5. The van der Waals surface area contributed by atoms with Crippen LogP contribution in [0.5, 0.6) is 0 Å². The quantitative estimate of drug-likeness (QED) is 0.195. The molecule has 1 aromatic carbocycles. The number of hydrogen-bond acceptors (Lipinski definition) is 12. The Balaban J connectivity index is 1.31. The third-order valence-electron chi connectivity index (χ3n) is 8.56. The SMILES string of the molecule is Cc1ccc(C(=O)NC(=N)C=C(N)C(C)(C)C)cc1Nc1ncnc2c(N)nc(N3CCN(CC4CCCN(C)C4)CC3)nc12. The smallest absolute Gasteiger partial charge is 0.256 e. The number of amidine groups is 1. The van der Waals surface area contributed by atoms with E-state index in [-0.39, 0.29) is 11.3 Å². The molecular formula is C32H46N12O. The molecule has 0 spiro atoms. The summed E-state index contributed by atoms with van der Waals surface area (Å²) in [6, 6.07) is 5.27. The molecule has 2 aromatic heterocycles. The van der Waals surface area contributed by atoms with Crippen LogP contribution in [0.3, 0.4) is 0 Å². The summed E-state index contributed by atoms with van der Waals surface area (Å²) >= 11 is 0. The van der Waals surface area contributed by atoms with Crippen LogP contribution in [0, 0.1) is 23.7 Å². The molecule has 2 saturated heterocycles. The number of likely N-dealkylation sites (tertiary alicyclic amines) is 1. The van der Waals surface area contributed by atoms with Gasteiger partial charge in [0.2, 0.25) is 5.95 Å². The number of aromatic nitrogens is 4. The minimum absolute atomic E-state index is 0.0774. The zero-order valence-corrected chi connectivity index (χ0v) is 27.0. The fraction of sp³-hybridized carbons (Fsp3) is 0.500. The molecule has 0 radical (unpaired) electrons. The number of amides is 1. The number of piperidine rings is 1. The van der Waals surface area contributed by atoms with Crippen molar-refractivity contribution in [3.63, 3.8) is 0 Å². The van der Waals surface area contributed by atoms with Gasteiger partial charge in [0.15, 0.2) is 11.6 Å². The average Bonchev–Trinajstić information content (AvgIpc) is 2.98. The summed E-state index contributed by atoms with van der Waals surface area (Å²) in [5, 5.41) is 14.1. The van der Waals surface area contributed by atoms with Crippen LogP contribution in [-0.4, -0.2) is 94.3 Å². The van der Waals surface area contributed by atoms with Gasteiger partial charge in [-0.2, -0.15) is 4.98 Å². The average molecular weight is 615 g/mol. The highest BCUT2D eigenvalue weighted by Gasteiger charge is 2.25. The Labute approximate surface area is 265 Å². The van der Waals surface area contributed by atoms with Gasteiger partial charge in [-0.05, 0) is 63.0 Å². The zero-order valence-electron chi connectivity index (χ0n) is 27.0. The third kappa shape index (κ3) is 7.84. The fourth-order valence-corrected chi connectivity index (χ4v) is 5.74. The highest BCUT2D eigenvalue weighted by atomic mass is 16.1. The number of nitrogens with two attached hydrogens (primary N) is 2. The van der Waals surface area contributed by atoms with Gasteiger partial charge in [-0.3, -0.25) is 15.1 Å². The van der Waals surface area contributed by atoms with Gasteiger partial charge in [0.1, 0.15) is 23.2 Å². The van der Waals surface area contributed by atoms with Crippen molar-refractivity contribution in [3.05, 3.63) is 47.4 Å². The summed E-state index contributed by atoms with van der Waals surface area (Å²) in [5.74, 6) is 1.53. The van der Waals surface area contributed by atoms with Crippen LogP contribution in [0.25, 0.3) is 11.0 Å². The Hall–Kier alpha value is -4.36. The van der Waals surface area contributed by atoms with Crippen LogP contribution >= 0.6 is 0 Å². The van der Waals surface area contributed by atoms with Crippen molar-refractivity contribution in [2.45, 2.75) is 40.5 Å². The lowest BCUT2D eigenvalue weighted by Crippen LogP contribution is -2.49. The van der Waals surface area contributed by atoms with E-state index in [4.69, 9.17) is 21.9 Å². The topological polar surface area (TPSA) is 178 Å². The lowest BCUT2D eigenvalue weighted by atomic mass is 9.92. The normalized spacial score (nSPS) is 18.6. The monoisotopic (exact) mass is 614 g/mol. The maximum Gasteiger partial charge on any atom is 0.256 e. The molecule has 0 aliphatic carbocycles. The van der Waals surface area contributed by atoms with E-state index in [9.17, 15) is 4.79 Å². The summed E-state index contributed by atoms with van der Waals surface area (Å²) < 4.78 is 0.